The maximum absolute atomic E-state index is 12.4. The molecule has 6 heteroatoms. The van der Waals surface area contributed by atoms with E-state index in [-0.39, 0.29) is 10.7 Å². The largest absolute Gasteiger partial charge is 0.433 e. The molecule has 0 saturated carbocycles. The fraction of sp³-hybridized carbons (Fsp3) is 0.583. The molecule has 0 aliphatic rings. The van der Waals surface area contributed by atoms with E-state index < -0.39 is 18.0 Å². The van der Waals surface area contributed by atoms with Gasteiger partial charge in [0.05, 0.1) is 6.10 Å². The average Bonchev–Trinajstić information content (AvgIpc) is 2.27. The number of aliphatic hydroxyl groups is 1. The maximum atomic E-state index is 12.4. The van der Waals surface area contributed by atoms with Crippen LogP contribution in [0.3, 0.4) is 0 Å². The molecule has 18 heavy (non-hydrogen) atoms. The van der Waals surface area contributed by atoms with Gasteiger partial charge in [0, 0.05) is 5.56 Å². The van der Waals surface area contributed by atoms with E-state index >= 15 is 0 Å². The summed E-state index contributed by atoms with van der Waals surface area (Å²) in [5.41, 5.74) is -0.794. The molecule has 0 bridgehead atoms. The van der Waals surface area contributed by atoms with Crippen molar-refractivity contribution >= 4 is 11.6 Å². The Labute approximate surface area is 109 Å². The third-order valence-electron chi connectivity index (χ3n) is 2.61. The molecule has 0 aromatic carbocycles. The van der Waals surface area contributed by atoms with Crippen LogP contribution in [0.5, 0.6) is 0 Å². The van der Waals surface area contributed by atoms with Crippen LogP contribution in [0.1, 0.15) is 50.0 Å². The Morgan fingerprint density at radius 1 is 1.33 bits per heavy atom. The summed E-state index contributed by atoms with van der Waals surface area (Å²) in [4.78, 5) is 3.27. The second-order valence-electron chi connectivity index (χ2n) is 4.09. The molecule has 0 saturated heterocycles. The predicted molar refractivity (Wildman–Crippen MR) is 63.4 cm³/mol. The molecule has 1 heterocycles. The number of halogens is 4. The van der Waals surface area contributed by atoms with E-state index in [9.17, 15) is 18.3 Å². The zero-order valence-electron chi connectivity index (χ0n) is 9.97. The highest BCUT2D eigenvalue weighted by atomic mass is 35.5. The molecular formula is C12H15ClF3NO. The third kappa shape index (κ3) is 4.14. The number of rotatable bonds is 5. The first-order chi connectivity index (χ1) is 8.36. The Balaban J connectivity index is 2.79. The standard InChI is InChI=1S/C12H15ClF3NO/c1-2-3-4-5-9(18)8-6-7-10(12(14,15)16)17-11(8)13/h6-7,9,18H,2-5H2,1H3. The molecule has 1 aromatic heterocycles. The van der Waals surface area contributed by atoms with Crippen molar-refractivity contribution in [2.75, 3.05) is 0 Å². The van der Waals surface area contributed by atoms with Gasteiger partial charge in [-0.2, -0.15) is 13.2 Å². The number of pyridine rings is 1. The minimum Gasteiger partial charge on any atom is -0.388 e. The Kier molecular flexibility index (Phi) is 5.41. The summed E-state index contributed by atoms with van der Waals surface area (Å²) in [6.45, 7) is 2.03. The summed E-state index contributed by atoms with van der Waals surface area (Å²) in [5, 5.41) is 9.53. The molecule has 1 unspecified atom stereocenters. The minimum absolute atomic E-state index is 0.251. The first kappa shape index (κ1) is 15.2. The second-order valence-corrected chi connectivity index (χ2v) is 4.44. The van der Waals surface area contributed by atoms with E-state index in [0.29, 0.717) is 6.42 Å². The summed E-state index contributed by atoms with van der Waals surface area (Å²) in [7, 11) is 0. The Hall–Kier alpha value is -0.810. The molecular weight excluding hydrogens is 267 g/mol. The number of hydrogen-bond acceptors (Lipinski definition) is 2. The topological polar surface area (TPSA) is 33.1 Å². The molecule has 0 aliphatic carbocycles. The van der Waals surface area contributed by atoms with Crippen LogP contribution >= 0.6 is 11.6 Å². The van der Waals surface area contributed by atoms with Crippen molar-refractivity contribution < 1.29 is 18.3 Å². The second kappa shape index (κ2) is 6.38. The molecule has 0 fully saturated rings. The van der Waals surface area contributed by atoms with E-state index in [1.54, 1.807) is 0 Å². The molecule has 1 aromatic rings. The molecule has 1 N–H and O–H groups in total. The lowest BCUT2D eigenvalue weighted by atomic mass is 10.0. The number of aliphatic hydroxyl groups excluding tert-OH is 1. The molecule has 1 rings (SSSR count). The monoisotopic (exact) mass is 281 g/mol. The van der Waals surface area contributed by atoms with Gasteiger partial charge in [-0.3, -0.25) is 0 Å². The van der Waals surface area contributed by atoms with Crippen LogP contribution in [-0.2, 0) is 6.18 Å². The van der Waals surface area contributed by atoms with Gasteiger partial charge >= 0.3 is 6.18 Å². The fourth-order valence-corrected chi connectivity index (χ4v) is 1.87. The van der Waals surface area contributed by atoms with Gasteiger partial charge in [-0.25, -0.2) is 4.98 Å². The average molecular weight is 282 g/mol. The molecule has 0 radical (unpaired) electrons. The van der Waals surface area contributed by atoms with Gasteiger partial charge in [0.1, 0.15) is 10.8 Å². The Morgan fingerprint density at radius 2 is 2.00 bits per heavy atom. The lowest BCUT2D eigenvalue weighted by Crippen LogP contribution is -2.09. The summed E-state index contributed by atoms with van der Waals surface area (Å²) >= 11 is 5.67. The quantitative estimate of drug-likeness (QED) is 0.642. The highest BCUT2D eigenvalue weighted by Crippen LogP contribution is 2.32. The van der Waals surface area contributed by atoms with Crippen molar-refractivity contribution in [3.05, 3.63) is 28.5 Å². The molecule has 1 atom stereocenters. The van der Waals surface area contributed by atoms with Gasteiger partial charge in [0.2, 0.25) is 0 Å². The smallest absolute Gasteiger partial charge is 0.388 e. The van der Waals surface area contributed by atoms with Crippen LogP contribution < -0.4 is 0 Å². The van der Waals surface area contributed by atoms with Crippen LogP contribution in [0, 0.1) is 0 Å². The number of hydrogen-bond donors (Lipinski definition) is 1. The van der Waals surface area contributed by atoms with Crippen molar-refractivity contribution in [3.8, 4) is 0 Å². The number of unbranched alkanes of at least 4 members (excludes halogenated alkanes) is 2. The lowest BCUT2D eigenvalue weighted by molar-refractivity contribution is -0.141. The van der Waals surface area contributed by atoms with Crippen LogP contribution in [-0.4, -0.2) is 10.1 Å². The number of alkyl halides is 3. The fourth-order valence-electron chi connectivity index (χ4n) is 1.59. The number of aromatic nitrogens is 1. The minimum atomic E-state index is -4.52. The van der Waals surface area contributed by atoms with E-state index in [4.69, 9.17) is 11.6 Å². The van der Waals surface area contributed by atoms with Gasteiger partial charge in [-0.05, 0) is 12.5 Å². The molecule has 2 nitrogen and oxygen atoms in total. The first-order valence-corrected chi connectivity index (χ1v) is 6.15. The van der Waals surface area contributed by atoms with Gasteiger partial charge in [-0.15, -0.1) is 0 Å². The number of nitrogens with zero attached hydrogens (tertiary/aromatic N) is 1. The van der Waals surface area contributed by atoms with Gasteiger partial charge < -0.3 is 5.11 Å². The van der Waals surface area contributed by atoms with E-state index in [1.807, 2.05) is 6.92 Å². The Morgan fingerprint density at radius 3 is 2.50 bits per heavy atom. The maximum Gasteiger partial charge on any atom is 0.433 e. The van der Waals surface area contributed by atoms with Crippen molar-refractivity contribution in [2.24, 2.45) is 0 Å². The zero-order valence-corrected chi connectivity index (χ0v) is 10.7. The van der Waals surface area contributed by atoms with E-state index in [1.165, 1.54) is 6.07 Å². The van der Waals surface area contributed by atoms with Crippen molar-refractivity contribution in [1.29, 1.82) is 0 Å². The van der Waals surface area contributed by atoms with Crippen molar-refractivity contribution in [3.63, 3.8) is 0 Å². The summed E-state index contributed by atoms with van der Waals surface area (Å²) in [6.07, 6.45) is -2.14. The van der Waals surface area contributed by atoms with Gasteiger partial charge in [0.25, 0.3) is 0 Å². The Bertz CT molecular complexity index is 395. The van der Waals surface area contributed by atoms with Crippen molar-refractivity contribution in [1.82, 2.24) is 4.98 Å². The first-order valence-electron chi connectivity index (χ1n) is 5.78. The van der Waals surface area contributed by atoms with Crippen molar-refractivity contribution in [2.45, 2.75) is 44.9 Å². The SMILES string of the molecule is CCCCCC(O)c1ccc(C(F)(F)F)nc1Cl. The normalized spacial score (nSPS) is 13.7. The van der Waals surface area contributed by atoms with Gasteiger partial charge in [-0.1, -0.05) is 43.9 Å². The van der Waals surface area contributed by atoms with Crippen LogP contribution in [0.2, 0.25) is 5.15 Å². The third-order valence-corrected chi connectivity index (χ3v) is 2.91. The zero-order chi connectivity index (χ0) is 13.8. The highest BCUT2D eigenvalue weighted by Gasteiger charge is 2.33. The molecule has 102 valence electrons. The molecule has 0 aliphatic heterocycles. The summed E-state index contributed by atoms with van der Waals surface area (Å²) in [5.74, 6) is 0. The van der Waals surface area contributed by atoms with Crippen LogP contribution in [0.15, 0.2) is 12.1 Å². The van der Waals surface area contributed by atoms with Crippen LogP contribution in [0.4, 0.5) is 13.2 Å². The molecule has 0 amide bonds. The highest BCUT2D eigenvalue weighted by molar-refractivity contribution is 6.30. The summed E-state index contributed by atoms with van der Waals surface area (Å²) in [6, 6.07) is 2.03. The molecule has 0 spiro atoms. The summed E-state index contributed by atoms with van der Waals surface area (Å²) < 4.78 is 37.1. The van der Waals surface area contributed by atoms with Gasteiger partial charge in [0.15, 0.2) is 0 Å². The van der Waals surface area contributed by atoms with Crippen LogP contribution in [0.25, 0.3) is 0 Å². The predicted octanol–water partition coefficient (Wildman–Crippen LogP) is 4.37. The lowest BCUT2D eigenvalue weighted by Gasteiger charge is -2.13. The van der Waals surface area contributed by atoms with E-state index in [0.717, 1.165) is 25.3 Å². The van der Waals surface area contributed by atoms with E-state index in [2.05, 4.69) is 4.98 Å².